The van der Waals surface area contributed by atoms with E-state index in [1.807, 2.05) is 0 Å². The van der Waals surface area contributed by atoms with Gasteiger partial charge in [-0.2, -0.15) is 0 Å². The molecule has 0 atom stereocenters. The molecule has 0 heterocycles. The lowest BCUT2D eigenvalue weighted by Gasteiger charge is -1.98. The zero-order chi connectivity index (χ0) is 11.5. The summed E-state index contributed by atoms with van der Waals surface area (Å²) in [6.07, 6.45) is 7.26. The summed E-state index contributed by atoms with van der Waals surface area (Å²) in [6, 6.07) is 0. The molecule has 3 heteroatoms. The van der Waals surface area contributed by atoms with E-state index in [4.69, 9.17) is 4.74 Å². The first-order valence-corrected chi connectivity index (χ1v) is 4.76. The van der Waals surface area contributed by atoms with Crippen molar-refractivity contribution in [3.63, 3.8) is 0 Å². The molecule has 0 bridgehead atoms. The van der Waals surface area contributed by atoms with Crippen molar-refractivity contribution in [1.82, 2.24) is 0 Å². The van der Waals surface area contributed by atoms with Gasteiger partial charge in [-0.05, 0) is 12.2 Å². The van der Waals surface area contributed by atoms with E-state index in [1.165, 1.54) is 0 Å². The maximum atomic E-state index is 9.17. The minimum atomic E-state index is 0.240. The van der Waals surface area contributed by atoms with Gasteiger partial charge in [0.25, 0.3) is 0 Å². The highest BCUT2D eigenvalue weighted by atomic mass is 16.5. The summed E-state index contributed by atoms with van der Waals surface area (Å²) >= 11 is 0. The Bertz CT molecular complexity index is 226. The second-order valence-corrected chi connectivity index (χ2v) is 2.91. The highest BCUT2D eigenvalue weighted by molar-refractivity contribution is 4.98. The molecule has 3 nitrogen and oxygen atoms in total. The number of ether oxygens (including phenoxy) is 1. The Balaban J connectivity index is 3.62. The van der Waals surface area contributed by atoms with Crippen LogP contribution in [0.5, 0.6) is 0 Å². The summed E-state index contributed by atoms with van der Waals surface area (Å²) in [7, 11) is 0. The van der Waals surface area contributed by atoms with Crippen molar-refractivity contribution >= 4 is 0 Å². The number of rotatable bonds is 8. The number of aliphatic hydroxyl groups is 2. The largest absolute Gasteiger partial charge is 0.512 e. The summed E-state index contributed by atoms with van der Waals surface area (Å²) in [4.78, 5) is 0. The number of allylic oxidation sites excluding steroid dienone is 2. The van der Waals surface area contributed by atoms with Crippen LogP contribution in [-0.2, 0) is 4.74 Å². The average Bonchev–Trinajstić information content (AvgIpc) is 2.18. The fourth-order valence-electron chi connectivity index (χ4n) is 0.841. The molecule has 0 aliphatic carbocycles. The monoisotopic (exact) mass is 210 g/mol. The number of hydrogen-bond acceptors (Lipinski definition) is 3. The zero-order valence-electron chi connectivity index (χ0n) is 8.85. The molecule has 0 aromatic carbocycles. The van der Waals surface area contributed by atoms with Crippen molar-refractivity contribution in [2.24, 2.45) is 0 Å². The minimum absolute atomic E-state index is 0.240. The van der Waals surface area contributed by atoms with Gasteiger partial charge in [0.05, 0.1) is 24.7 Å². The maximum Gasteiger partial charge on any atom is 0.0943 e. The Labute approximate surface area is 90.7 Å². The lowest BCUT2D eigenvalue weighted by Crippen LogP contribution is -1.94. The van der Waals surface area contributed by atoms with Gasteiger partial charge in [0.1, 0.15) is 0 Å². The van der Waals surface area contributed by atoms with E-state index in [1.54, 1.807) is 24.3 Å². The van der Waals surface area contributed by atoms with Crippen LogP contribution in [0.15, 0.2) is 49.0 Å². The molecule has 0 saturated heterocycles. The average molecular weight is 210 g/mol. The molecule has 0 aromatic rings. The van der Waals surface area contributed by atoms with Crippen LogP contribution in [-0.4, -0.2) is 23.4 Å². The second-order valence-electron chi connectivity index (χ2n) is 2.91. The van der Waals surface area contributed by atoms with E-state index in [0.29, 0.717) is 26.1 Å². The smallest absolute Gasteiger partial charge is 0.0943 e. The van der Waals surface area contributed by atoms with Gasteiger partial charge in [0, 0.05) is 12.8 Å². The van der Waals surface area contributed by atoms with Crippen molar-refractivity contribution in [2.75, 3.05) is 13.2 Å². The lowest BCUT2D eigenvalue weighted by molar-refractivity contribution is 0.187. The maximum absolute atomic E-state index is 9.17. The van der Waals surface area contributed by atoms with Gasteiger partial charge >= 0.3 is 0 Å². The third-order valence-corrected chi connectivity index (χ3v) is 1.58. The van der Waals surface area contributed by atoms with Gasteiger partial charge in [-0.25, -0.2) is 0 Å². The quantitative estimate of drug-likeness (QED) is 0.368. The first-order valence-electron chi connectivity index (χ1n) is 4.76. The zero-order valence-corrected chi connectivity index (χ0v) is 8.85. The van der Waals surface area contributed by atoms with Gasteiger partial charge in [-0.3, -0.25) is 0 Å². The van der Waals surface area contributed by atoms with E-state index in [9.17, 15) is 10.2 Å². The summed E-state index contributed by atoms with van der Waals surface area (Å²) in [6.45, 7) is 7.62. The lowest BCUT2D eigenvalue weighted by atomic mass is 10.3. The Kier molecular flexibility index (Phi) is 8.19. The van der Waals surface area contributed by atoms with Crippen LogP contribution in [0, 0.1) is 0 Å². The molecule has 0 rings (SSSR count). The molecular weight excluding hydrogens is 192 g/mol. The second kappa shape index (κ2) is 9.09. The van der Waals surface area contributed by atoms with E-state index in [0.717, 1.165) is 0 Å². The molecule has 0 fully saturated rings. The fourth-order valence-corrected chi connectivity index (χ4v) is 0.841. The van der Waals surface area contributed by atoms with Gasteiger partial charge in [-0.15, -0.1) is 13.2 Å². The van der Waals surface area contributed by atoms with Crippen LogP contribution in [0.1, 0.15) is 12.8 Å². The van der Waals surface area contributed by atoms with E-state index < -0.39 is 0 Å². The van der Waals surface area contributed by atoms with Gasteiger partial charge < -0.3 is 14.9 Å². The minimum Gasteiger partial charge on any atom is -0.512 e. The molecule has 0 unspecified atom stereocenters. The molecule has 0 saturated carbocycles. The van der Waals surface area contributed by atoms with Crippen LogP contribution in [0.3, 0.4) is 0 Å². The van der Waals surface area contributed by atoms with E-state index >= 15 is 0 Å². The molecule has 0 aliphatic rings. The molecule has 0 amide bonds. The Hall–Kier alpha value is -1.48. The number of hydrogen-bond donors (Lipinski definition) is 2. The molecule has 0 aliphatic heterocycles. The normalized spacial score (nSPS) is 12.5. The van der Waals surface area contributed by atoms with Gasteiger partial charge in [-0.1, -0.05) is 12.2 Å². The Morgan fingerprint density at radius 3 is 1.67 bits per heavy atom. The molecule has 0 spiro atoms. The number of aliphatic hydroxyl groups excluding tert-OH is 2. The topological polar surface area (TPSA) is 49.7 Å². The van der Waals surface area contributed by atoms with E-state index in [2.05, 4.69) is 13.2 Å². The standard InChI is InChI=1S/C12H18O3/c1-3-5-11(13)7-9-15-10-8-12(14)6-4-2/h3-4,7-8,13-14H,1-2,5-6,9-10H2. The van der Waals surface area contributed by atoms with Crippen LogP contribution >= 0.6 is 0 Å². The molecule has 0 aromatic heterocycles. The Morgan fingerprint density at radius 1 is 0.933 bits per heavy atom. The van der Waals surface area contributed by atoms with Gasteiger partial charge in [0.2, 0.25) is 0 Å². The summed E-state index contributed by atoms with van der Waals surface area (Å²) in [5, 5.41) is 18.3. The van der Waals surface area contributed by atoms with Crippen LogP contribution in [0.25, 0.3) is 0 Å². The summed E-state index contributed by atoms with van der Waals surface area (Å²) < 4.78 is 5.13. The predicted octanol–water partition coefficient (Wildman–Crippen LogP) is 3.04. The summed E-state index contributed by atoms with van der Waals surface area (Å²) in [5.74, 6) is 0.480. The third-order valence-electron chi connectivity index (χ3n) is 1.58. The van der Waals surface area contributed by atoms with Crippen molar-refractivity contribution in [3.05, 3.63) is 49.0 Å². The highest BCUT2D eigenvalue weighted by Crippen LogP contribution is 1.98. The van der Waals surface area contributed by atoms with Gasteiger partial charge in [0.15, 0.2) is 0 Å². The molecule has 84 valence electrons. The first kappa shape index (κ1) is 13.5. The predicted molar refractivity (Wildman–Crippen MR) is 61.9 cm³/mol. The molecule has 2 N–H and O–H groups in total. The van der Waals surface area contributed by atoms with Crippen molar-refractivity contribution < 1.29 is 14.9 Å². The SMILES string of the molecule is C=CCC(O)=CCOCC=C(O)CC=C. The fraction of sp³-hybridized carbons (Fsp3) is 0.333. The van der Waals surface area contributed by atoms with Crippen molar-refractivity contribution in [1.29, 1.82) is 0 Å². The van der Waals surface area contributed by atoms with Crippen LogP contribution in [0.2, 0.25) is 0 Å². The van der Waals surface area contributed by atoms with Crippen LogP contribution in [0.4, 0.5) is 0 Å². The van der Waals surface area contributed by atoms with Crippen molar-refractivity contribution in [3.8, 4) is 0 Å². The molecule has 0 radical (unpaired) electrons. The van der Waals surface area contributed by atoms with Crippen molar-refractivity contribution in [2.45, 2.75) is 12.8 Å². The molecule has 15 heavy (non-hydrogen) atoms. The summed E-state index contributed by atoms with van der Waals surface area (Å²) in [5.41, 5.74) is 0. The third kappa shape index (κ3) is 8.84. The van der Waals surface area contributed by atoms with E-state index in [-0.39, 0.29) is 11.5 Å². The Morgan fingerprint density at radius 2 is 1.33 bits per heavy atom. The van der Waals surface area contributed by atoms with Crippen LogP contribution < -0.4 is 0 Å². The first-order chi connectivity index (χ1) is 7.20. The highest BCUT2D eigenvalue weighted by Gasteiger charge is 1.90. The molecular formula is C12H18O3.